The van der Waals surface area contributed by atoms with Gasteiger partial charge in [0.05, 0.1) is 7.11 Å². The maximum absolute atomic E-state index is 14.4. The van der Waals surface area contributed by atoms with Crippen LogP contribution >= 0.6 is 0 Å². The second-order valence-corrected chi connectivity index (χ2v) is 10.8. The molecular weight excluding hydrogens is 339 g/mol. The Hall–Kier alpha value is -0.600. The second-order valence-electron chi connectivity index (χ2n) is 10.8. The van der Waals surface area contributed by atoms with E-state index in [0.29, 0.717) is 11.8 Å². The number of ether oxygens (including phenoxy) is 1. The lowest BCUT2D eigenvalue weighted by Gasteiger charge is -2.61. The molecule has 2 nitrogen and oxygen atoms in total. The molecule has 7 unspecified atom stereocenters. The predicted molar refractivity (Wildman–Crippen MR) is 106 cm³/mol. The number of carbonyl (C=O) groups excluding carboxylic acids is 1. The Morgan fingerprint density at radius 1 is 1.00 bits per heavy atom. The minimum absolute atomic E-state index is 0.0669. The molecule has 0 aromatic heterocycles. The minimum Gasteiger partial charge on any atom is -0.469 e. The summed E-state index contributed by atoms with van der Waals surface area (Å²) in [5.41, 5.74) is 0.704. The Labute approximate surface area is 165 Å². The van der Waals surface area contributed by atoms with Crippen molar-refractivity contribution < 1.29 is 13.9 Å². The molecule has 0 amide bonds. The van der Waals surface area contributed by atoms with E-state index in [-0.39, 0.29) is 11.4 Å². The quantitative estimate of drug-likeness (QED) is 0.535. The molecule has 0 aliphatic heterocycles. The Bertz CT molecular complexity index is 563. The Morgan fingerprint density at radius 3 is 2.52 bits per heavy atom. The SMILES string of the molecule is COC(=O)CCCC1CCC2C3CCC4CC[C@@H](F)CC4(C)C3CCC12C. The average molecular weight is 379 g/mol. The highest BCUT2D eigenvalue weighted by atomic mass is 19.1. The van der Waals surface area contributed by atoms with Crippen molar-refractivity contribution in [1.29, 1.82) is 0 Å². The molecule has 0 heterocycles. The van der Waals surface area contributed by atoms with Gasteiger partial charge in [-0.2, -0.15) is 0 Å². The molecule has 0 saturated heterocycles. The second kappa shape index (κ2) is 7.34. The molecule has 4 aliphatic rings. The Kier molecular flexibility index (Phi) is 5.35. The number of hydrogen-bond donors (Lipinski definition) is 0. The van der Waals surface area contributed by atoms with Gasteiger partial charge in [-0.15, -0.1) is 0 Å². The number of carbonyl (C=O) groups is 1. The van der Waals surface area contributed by atoms with Crippen LogP contribution in [0.3, 0.4) is 0 Å². The largest absolute Gasteiger partial charge is 0.469 e. The summed E-state index contributed by atoms with van der Waals surface area (Å²) in [5.74, 6) is 3.87. The molecule has 4 saturated carbocycles. The van der Waals surface area contributed by atoms with E-state index in [2.05, 4.69) is 13.8 Å². The summed E-state index contributed by atoms with van der Waals surface area (Å²) in [6.45, 7) is 5.00. The van der Waals surface area contributed by atoms with Gasteiger partial charge in [0.15, 0.2) is 0 Å². The third-order valence-corrected chi connectivity index (χ3v) is 9.91. The van der Waals surface area contributed by atoms with Crippen LogP contribution < -0.4 is 0 Å². The van der Waals surface area contributed by atoms with E-state index in [1.54, 1.807) is 0 Å². The first kappa shape index (κ1) is 19.7. The Morgan fingerprint density at radius 2 is 1.74 bits per heavy atom. The van der Waals surface area contributed by atoms with Crippen LogP contribution in [0.15, 0.2) is 0 Å². The van der Waals surface area contributed by atoms with Crippen molar-refractivity contribution >= 4 is 5.97 Å². The van der Waals surface area contributed by atoms with Crippen LogP contribution in [0, 0.1) is 40.4 Å². The highest BCUT2D eigenvalue weighted by molar-refractivity contribution is 5.68. The summed E-state index contributed by atoms with van der Waals surface area (Å²) in [5, 5.41) is 0. The summed E-state index contributed by atoms with van der Waals surface area (Å²) in [7, 11) is 1.49. The van der Waals surface area contributed by atoms with E-state index < -0.39 is 6.17 Å². The fourth-order valence-corrected chi connectivity index (χ4v) is 8.47. The number of methoxy groups -OCH3 is 1. The molecule has 4 fully saturated rings. The van der Waals surface area contributed by atoms with Crippen LogP contribution in [0.5, 0.6) is 0 Å². The standard InChI is InChI=1S/C24H39FO2/c1-23-14-13-21-19(11-8-17-7-10-18(25)15-24(17,21)2)20(23)12-9-16(23)5-4-6-22(26)27-3/h16-21H,4-15H2,1-3H3/t16?,17?,18-,19?,20?,21?,23?,24?/m1/s1. The smallest absolute Gasteiger partial charge is 0.305 e. The Balaban J connectivity index is 1.46. The van der Waals surface area contributed by atoms with Crippen molar-refractivity contribution in [3.63, 3.8) is 0 Å². The molecule has 0 bridgehead atoms. The van der Waals surface area contributed by atoms with E-state index in [1.165, 1.54) is 52.1 Å². The normalized spacial score (nSPS) is 49.0. The molecule has 0 aromatic carbocycles. The van der Waals surface area contributed by atoms with Gasteiger partial charge >= 0.3 is 5.97 Å². The van der Waals surface area contributed by atoms with Crippen molar-refractivity contribution in [3.8, 4) is 0 Å². The molecule has 0 radical (unpaired) electrons. The van der Waals surface area contributed by atoms with Crippen molar-refractivity contribution in [2.24, 2.45) is 40.4 Å². The number of rotatable bonds is 4. The summed E-state index contributed by atoms with van der Waals surface area (Å²) in [4.78, 5) is 11.5. The maximum atomic E-state index is 14.4. The van der Waals surface area contributed by atoms with Gasteiger partial charge in [0, 0.05) is 6.42 Å². The van der Waals surface area contributed by atoms with E-state index in [0.717, 1.165) is 55.3 Å². The zero-order chi connectivity index (χ0) is 19.2. The van der Waals surface area contributed by atoms with Crippen molar-refractivity contribution in [2.45, 2.75) is 97.1 Å². The van der Waals surface area contributed by atoms with Crippen LogP contribution in [0.1, 0.15) is 90.9 Å². The van der Waals surface area contributed by atoms with Crippen molar-refractivity contribution in [2.75, 3.05) is 7.11 Å². The molecule has 4 rings (SSSR count). The monoisotopic (exact) mass is 378 g/mol. The molecular formula is C24H39FO2. The van der Waals surface area contributed by atoms with Gasteiger partial charge in [0.25, 0.3) is 0 Å². The zero-order valence-electron chi connectivity index (χ0n) is 17.6. The maximum Gasteiger partial charge on any atom is 0.305 e. The van der Waals surface area contributed by atoms with Crippen LogP contribution in [0.4, 0.5) is 4.39 Å². The van der Waals surface area contributed by atoms with Crippen molar-refractivity contribution in [1.82, 2.24) is 0 Å². The fourth-order valence-electron chi connectivity index (χ4n) is 8.47. The van der Waals surface area contributed by atoms with E-state index in [4.69, 9.17) is 4.74 Å². The minimum atomic E-state index is -0.562. The first-order valence-electron chi connectivity index (χ1n) is 11.6. The van der Waals surface area contributed by atoms with Gasteiger partial charge in [-0.3, -0.25) is 4.79 Å². The summed E-state index contributed by atoms with van der Waals surface area (Å²) < 4.78 is 19.2. The van der Waals surface area contributed by atoms with Gasteiger partial charge in [0.2, 0.25) is 0 Å². The van der Waals surface area contributed by atoms with Gasteiger partial charge in [-0.05, 0) is 111 Å². The van der Waals surface area contributed by atoms with Gasteiger partial charge < -0.3 is 4.74 Å². The highest BCUT2D eigenvalue weighted by Crippen LogP contribution is 2.68. The first-order chi connectivity index (χ1) is 12.9. The molecule has 0 spiro atoms. The fraction of sp³-hybridized carbons (Fsp3) is 0.958. The lowest BCUT2D eigenvalue weighted by Crippen LogP contribution is -2.53. The summed E-state index contributed by atoms with van der Waals surface area (Å²) in [6.07, 6.45) is 12.9. The summed E-state index contributed by atoms with van der Waals surface area (Å²) >= 11 is 0. The van der Waals surface area contributed by atoms with Crippen LogP contribution in [0.25, 0.3) is 0 Å². The molecule has 3 heteroatoms. The van der Waals surface area contributed by atoms with Crippen LogP contribution in [0.2, 0.25) is 0 Å². The third kappa shape index (κ3) is 3.25. The van der Waals surface area contributed by atoms with Gasteiger partial charge in [-0.1, -0.05) is 13.8 Å². The van der Waals surface area contributed by atoms with Crippen molar-refractivity contribution in [3.05, 3.63) is 0 Å². The van der Waals surface area contributed by atoms with Gasteiger partial charge in [0.1, 0.15) is 6.17 Å². The van der Waals surface area contributed by atoms with Crippen LogP contribution in [-0.2, 0) is 9.53 Å². The number of alkyl halides is 1. The third-order valence-electron chi connectivity index (χ3n) is 9.91. The molecule has 27 heavy (non-hydrogen) atoms. The number of esters is 1. The highest BCUT2D eigenvalue weighted by Gasteiger charge is 2.60. The predicted octanol–water partition coefficient (Wildman–Crippen LogP) is 6.33. The molecule has 154 valence electrons. The first-order valence-corrected chi connectivity index (χ1v) is 11.6. The summed E-state index contributed by atoms with van der Waals surface area (Å²) in [6, 6.07) is 0. The number of halogens is 1. The molecule has 0 aromatic rings. The zero-order valence-corrected chi connectivity index (χ0v) is 17.6. The molecule has 0 N–H and O–H groups in total. The molecule has 4 aliphatic carbocycles. The van der Waals surface area contributed by atoms with E-state index >= 15 is 0 Å². The van der Waals surface area contributed by atoms with Gasteiger partial charge in [-0.25, -0.2) is 4.39 Å². The van der Waals surface area contributed by atoms with E-state index in [9.17, 15) is 9.18 Å². The van der Waals surface area contributed by atoms with E-state index in [1.807, 2.05) is 0 Å². The lowest BCUT2D eigenvalue weighted by molar-refractivity contribution is -0.141. The number of hydrogen-bond acceptors (Lipinski definition) is 2. The number of fused-ring (bicyclic) bond motifs is 5. The van der Waals surface area contributed by atoms with Crippen LogP contribution in [-0.4, -0.2) is 19.3 Å². The molecule has 8 atom stereocenters. The average Bonchev–Trinajstić information content (AvgIpc) is 2.97. The lowest BCUT2D eigenvalue weighted by atomic mass is 9.44. The topological polar surface area (TPSA) is 26.3 Å².